The number of alkyl halides is 3. The number of aromatic nitrogens is 2. The summed E-state index contributed by atoms with van der Waals surface area (Å²) >= 11 is 3.18. The number of halogens is 4. The van der Waals surface area contributed by atoms with Crippen molar-refractivity contribution < 1.29 is 27.6 Å². The molecule has 0 saturated heterocycles. The number of unbranched alkanes of at least 4 members (excludes halogenated alkanes) is 2. The average Bonchev–Trinajstić information content (AvgIpc) is 3.19. The largest absolute Gasteiger partial charge is 0.493 e. The Kier molecular flexibility index (Phi) is 5.65. The average molecular weight is 482 g/mol. The first-order valence-electron chi connectivity index (χ1n) is 8.76. The van der Waals surface area contributed by atoms with Gasteiger partial charge in [-0.1, -0.05) is 30.0 Å². The second-order valence-electron chi connectivity index (χ2n) is 6.62. The van der Waals surface area contributed by atoms with Gasteiger partial charge in [-0.2, -0.15) is 13.2 Å². The van der Waals surface area contributed by atoms with Crippen LogP contribution in [0.15, 0.2) is 9.84 Å². The third-order valence-corrected chi connectivity index (χ3v) is 4.66. The van der Waals surface area contributed by atoms with E-state index in [1.807, 2.05) is 6.92 Å². The number of fused-ring (bicyclic) bond motifs is 2. The molecule has 29 heavy (non-hydrogen) atoms. The summed E-state index contributed by atoms with van der Waals surface area (Å²) in [5.41, 5.74) is 0.156. The molecule has 1 aromatic rings. The first-order valence-corrected chi connectivity index (χ1v) is 9.55. The predicted octanol–water partition coefficient (Wildman–Crippen LogP) is 2.08. The second-order valence-corrected chi connectivity index (χ2v) is 7.37. The van der Waals surface area contributed by atoms with Gasteiger partial charge in [-0.3, -0.25) is 4.79 Å². The number of H-pyrrole nitrogens is 1. The van der Waals surface area contributed by atoms with E-state index in [1.54, 1.807) is 19.0 Å². The van der Waals surface area contributed by atoms with E-state index in [4.69, 9.17) is 0 Å². The van der Waals surface area contributed by atoms with Gasteiger partial charge in [-0.05, 0) is 22.4 Å². The highest BCUT2D eigenvalue weighted by Gasteiger charge is 2.53. The van der Waals surface area contributed by atoms with Gasteiger partial charge < -0.3 is 19.6 Å². The number of imidazole rings is 1. The summed E-state index contributed by atoms with van der Waals surface area (Å²) in [4.78, 5) is 40.2. The molecule has 1 atom stereocenters. The van der Waals surface area contributed by atoms with Gasteiger partial charge in [0.2, 0.25) is 12.2 Å². The molecular weight excluding hydrogens is 463 g/mol. The third-order valence-electron chi connectivity index (χ3n) is 4.28. The Hall–Kier alpha value is -2.51. The van der Waals surface area contributed by atoms with Crippen LogP contribution < -0.4 is 4.90 Å². The Morgan fingerprint density at radius 1 is 1.34 bits per heavy atom. The highest BCUT2D eigenvalue weighted by atomic mass is 79.9. The molecule has 10 nitrogen and oxygen atoms in total. The molecular formula is C15H19BrF3N7O3. The van der Waals surface area contributed by atoms with Crippen molar-refractivity contribution in [3.8, 4) is 0 Å². The number of carbonyl (C=O) groups excluding carboxylic acids is 2. The highest BCUT2D eigenvalue weighted by molar-refractivity contribution is 9.10. The van der Waals surface area contributed by atoms with Crippen molar-refractivity contribution in [3.05, 3.63) is 10.4 Å². The molecule has 14 heteroatoms. The number of nitrogens with one attached hydrogen (secondary N) is 1. The Morgan fingerprint density at radius 2 is 2.03 bits per heavy atom. The number of amides is 1. The molecule has 3 heterocycles. The highest BCUT2D eigenvalue weighted by Crippen LogP contribution is 2.36. The summed E-state index contributed by atoms with van der Waals surface area (Å²) in [7, 11) is 3.14. The van der Waals surface area contributed by atoms with E-state index >= 15 is 0 Å². The minimum Gasteiger partial charge on any atom is -0.347 e. The molecule has 0 saturated carbocycles. The minimum absolute atomic E-state index is 0.0202. The number of hydrazone groups is 1. The summed E-state index contributed by atoms with van der Waals surface area (Å²) < 4.78 is 38.6. The van der Waals surface area contributed by atoms with E-state index in [-0.39, 0.29) is 17.5 Å². The minimum atomic E-state index is -5.21. The van der Waals surface area contributed by atoms with Gasteiger partial charge in [0.1, 0.15) is 0 Å². The first kappa shape index (κ1) is 21.2. The van der Waals surface area contributed by atoms with Crippen LogP contribution in [0.25, 0.3) is 0 Å². The van der Waals surface area contributed by atoms with Crippen molar-refractivity contribution in [1.29, 1.82) is 0 Å². The first-order chi connectivity index (χ1) is 13.6. The summed E-state index contributed by atoms with van der Waals surface area (Å²) in [6, 6.07) is 0. The van der Waals surface area contributed by atoms with E-state index in [0.29, 0.717) is 22.9 Å². The predicted molar refractivity (Wildman–Crippen MR) is 98.2 cm³/mol. The Labute approximate surface area is 172 Å². The number of guanidine groups is 1. The summed E-state index contributed by atoms with van der Waals surface area (Å²) in [5.74, 6) is -2.74. The number of aromatic amines is 1. The molecule has 1 amide bonds. The number of hydrogen-bond acceptors (Lipinski definition) is 8. The molecule has 0 fully saturated rings. The van der Waals surface area contributed by atoms with E-state index < -0.39 is 24.3 Å². The molecule has 2 aliphatic rings. The van der Waals surface area contributed by atoms with Crippen molar-refractivity contribution in [3.63, 3.8) is 0 Å². The van der Waals surface area contributed by atoms with E-state index in [9.17, 15) is 22.8 Å². The van der Waals surface area contributed by atoms with Gasteiger partial charge in [0.05, 0.1) is 0 Å². The smallest absolute Gasteiger partial charge is 0.347 e. The lowest BCUT2D eigenvalue weighted by Gasteiger charge is -2.41. The quantitative estimate of drug-likeness (QED) is 0.642. The summed E-state index contributed by atoms with van der Waals surface area (Å²) in [5, 5.41) is 4.44. The van der Waals surface area contributed by atoms with Gasteiger partial charge in [0.15, 0.2) is 16.2 Å². The van der Waals surface area contributed by atoms with Gasteiger partial charge in [-0.25, -0.2) is 14.7 Å². The van der Waals surface area contributed by atoms with Crippen molar-refractivity contribution in [2.45, 2.75) is 38.7 Å². The zero-order valence-electron chi connectivity index (χ0n) is 15.8. The molecule has 0 radical (unpaired) electrons. The number of anilines is 1. The summed E-state index contributed by atoms with van der Waals surface area (Å²) in [6.45, 7) is 2.35. The standard InChI is InChI=1S/C15H19BrF3N7O3/c1-4-5-6-7-24-9-8(20-12(16)21-9)10(27)25-13(23(2)3)22-26(14(24)25)29-11(28)15(17,18)19/h14H,4-7H2,1-3H3,(H,20,21). The second kappa shape index (κ2) is 7.72. The van der Waals surface area contributed by atoms with Crippen LogP contribution in [0.5, 0.6) is 0 Å². The van der Waals surface area contributed by atoms with Crippen LogP contribution in [0.3, 0.4) is 0 Å². The Balaban J connectivity index is 2.04. The lowest BCUT2D eigenvalue weighted by Crippen LogP contribution is -2.61. The van der Waals surface area contributed by atoms with E-state index in [1.165, 1.54) is 4.90 Å². The molecule has 2 aliphatic heterocycles. The van der Waals surface area contributed by atoms with Gasteiger partial charge in [0, 0.05) is 20.6 Å². The van der Waals surface area contributed by atoms with Crippen molar-refractivity contribution >= 4 is 39.6 Å². The van der Waals surface area contributed by atoms with E-state index in [0.717, 1.165) is 17.7 Å². The zero-order chi connectivity index (χ0) is 21.5. The fourth-order valence-electron chi connectivity index (χ4n) is 3.03. The van der Waals surface area contributed by atoms with Crippen LogP contribution in [0.2, 0.25) is 0 Å². The van der Waals surface area contributed by atoms with Crippen LogP contribution in [0, 0.1) is 0 Å². The number of nitrogens with zero attached hydrogens (tertiary/aromatic N) is 6. The molecule has 0 spiro atoms. The molecule has 160 valence electrons. The van der Waals surface area contributed by atoms with Crippen LogP contribution in [-0.4, -0.2) is 75.9 Å². The van der Waals surface area contributed by atoms with Crippen molar-refractivity contribution in [2.75, 3.05) is 25.5 Å². The van der Waals surface area contributed by atoms with Crippen LogP contribution in [0.1, 0.15) is 36.7 Å². The number of rotatable bonds is 5. The summed E-state index contributed by atoms with van der Waals surface area (Å²) in [6.07, 6.45) is -4.01. The van der Waals surface area contributed by atoms with Gasteiger partial charge >= 0.3 is 12.1 Å². The maximum Gasteiger partial charge on any atom is 0.493 e. The molecule has 1 N–H and O–H groups in total. The lowest BCUT2D eigenvalue weighted by molar-refractivity contribution is -0.249. The number of carbonyl (C=O) groups is 2. The topological polar surface area (TPSA) is 97.4 Å². The number of hydrogen-bond donors (Lipinski definition) is 1. The Bertz CT molecular complexity index is 842. The maximum atomic E-state index is 13.0. The normalized spacial score (nSPS) is 18.6. The Morgan fingerprint density at radius 3 is 2.62 bits per heavy atom. The van der Waals surface area contributed by atoms with Gasteiger partial charge in [-0.15, -0.1) is 0 Å². The van der Waals surface area contributed by atoms with Crippen LogP contribution >= 0.6 is 15.9 Å². The van der Waals surface area contributed by atoms with Crippen molar-refractivity contribution in [2.24, 2.45) is 5.10 Å². The van der Waals surface area contributed by atoms with Crippen LogP contribution in [-0.2, 0) is 9.63 Å². The monoisotopic (exact) mass is 481 g/mol. The molecule has 1 unspecified atom stereocenters. The third kappa shape index (κ3) is 3.84. The molecule has 0 bridgehead atoms. The fraction of sp³-hybridized carbons (Fsp3) is 0.600. The number of hydroxylamine groups is 1. The molecule has 1 aromatic heterocycles. The van der Waals surface area contributed by atoms with Crippen molar-refractivity contribution in [1.82, 2.24) is 24.9 Å². The molecule has 3 rings (SSSR count). The SMILES string of the molecule is CCCCCN1c2nc(Br)[nH]c2C(=O)N2C(N(C)C)=NN(OC(=O)C(F)(F)F)C21. The van der Waals surface area contributed by atoms with Gasteiger partial charge in [0.25, 0.3) is 5.91 Å². The fourth-order valence-corrected chi connectivity index (χ4v) is 3.40. The van der Waals surface area contributed by atoms with E-state index in [2.05, 4.69) is 35.8 Å². The van der Waals surface area contributed by atoms with Crippen LogP contribution in [0.4, 0.5) is 19.0 Å². The zero-order valence-corrected chi connectivity index (χ0v) is 17.4. The lowest BCUT2D eigenvalue weighted by atomic mass is 10.2. The molecule has 0 aromatic carbocycles. The molecule has 0 aliphatic carbocycles. The maximum absolute atomic E-state index is 13.0.